The van der Waals surface area contributed by atoms with E-state index < -0.39 is 22.9 Å². The van der Waals surface area contributed by atoms with E-state index in [0.717, 1.165) is 4.31 Å². The van der Waals surface area contributed by atoms with Crippen molar-refractivity contribution >= 4 is 57.3 Å². The van der Waals surface area contributed by atoms with Gasteiger partial charge in [0.1, 0.15) is 0 Å². The molecule has 0 aliphatic rings. The summed E-state index contributed by atoms with van der Waals surface area (Å²) < 4.78 is 48.1. The molecule has 0 saturated heterocycles. The van der Waals surface area contributed by atoms with Crippen LogP contribution in [0, 0.1) is 6.92 Å². The molecule has 3 aromatic carbocycles. The van der Waals surface area contributed by atoms with Gasteiger partial charge in [-0.3, -0.25) is 4.57 Å². The van der Waals surface area contributed by atoms with Gasteiger partial charge in [0.05, 0.1) is 10.6 Å². The lowest BCUT2D eigenvalue weighted by Crippen LogP contribution is -2.51. The van der Waals surface area contributed by atoms with Crippen molar-refractivity contribution in [3.63, 3.8) is 0 Å². The zero-order valence-electron chi connectivity index (χ0n) is 20.1. The van der Waals surface area contributed by atoms with Crippen LogP contribution < -0.4 is 4.31 Å². The number of hydrogen-bond acceptors (Lipinski definition) is 6. The van der Waals surface area contributed by atoms with Gasteiger partial charge in [0, 0.05) is 27.9 Å². The number of sulfonamides is 1. The molecule has 0 amide bonds. The summed E-state index contributed by atoms with van der Waals surface area (Å²) in [5, 5.41) is 2.95. The van der Waals surface area contributed by atoms with E-state index in [0.29, 0.717) is 10.8 Å². The fraction of sp³-hybridized carbons (Fsp3) is 0.250. The minimum atomic E-state index is -5.14. The highest BCUT2D eigenvalue weighted by Gasteiger charge is 2.55. The predicted molar refractivity (Wildman–Crippen MR) is 143 cm³/mol. The second kappa shape index (κ2) is 10.0. The van der Waals surface area contributed by atoms with E-state index in [1.807, 2.05) is 0 Å². The van der Waals surface area contributed by atoms with Gasteiger partial charge in [-0.15, -0.1) is 0 Å². The van der Waals surface area contributed by atoms with Crippen molar-refractivity contribution in [3.8, 4) is 11.4 Å². The summed E-state index contributed by atoms with van der Waals surface area (Å²) >= 11 is 12.3. The Balaban J connectivity index is 2.23. The molecule has 0 aliphatic heterocycles. The number of rotatable bonds is 8. The van der Waals surface area contributed by atoms with Crippen LogP contribution in [0.25, 0.3) is 22.2 Å². The molecule has 0 unspecified atom stereocenters. The number of aromatic nitrogens is 2. The van der Waals surface area contributed by atoms with Gasteiger partial charge in [-0.05, 0) is 42.5 Å². The van der Waals surface area contributed by atoms with Crippen LogP contribution in [0.5, 0.6) is 0 Å². The molecule has 196 valence electrons. The van der Waals surface area contributed by atoms with Crippen LogP contribution in [0.2, 0.25) is 10.0 Å². The average molecular weight is 584 g/mol. The zero-order valence-corrected chi connectivity index (χ0v) is 23.3. The largest absolute Gasteiger partial charge is 0.351 e. The van der Waals surface area contributed by atoms with Gasteiger partial charge in [0.2, 0.25) is 11.7 Å². The number of aryl methyl sites for hydroxylation is 1. The van der Waals surface area contributed by atoms with Crippen molar-refractivity contribution < 1.29 is 27.3 Å². The quantitative estimate of drug-likeness (QED) is 0.228. The highest BCUT2D eigenvalue weighted by atomic mass is 35.5. The fourth-order valence-corrected chi connectivity index (χ4v) is 8.83. The first-order chi connectivity index (χ1) is 17.4. The number of anilines is 1. The maximum Gasteiger partial charge on any atom is 0.351 e. The van der Waals surface area contributed by atoms with Crippen LogP contribution in [0.15, 0.2) is 64.0 Å². The maximum absolute atomic E-state index is 14.5. The van der Waals surface area contributed by atoms with Crippen molar-refractivity contribution in [2.24, 2.45) is 0 Å². The van der Waals surface area contributed by atoms with Crippen LogP contribution in [-0.2, 0) is 14.6 Å². The van der Waals surface area contributed by atoms with E-state index in [4.69, 9.17) is 27.7 Å². The Morgan fingerprint density at radius 3 is 2.19 bits per heavy atom. The Hall–Kier alpha value is -2.46. The van der Waals surface area contributed by atoms with E-state index in [2.05, 4.69) is 10.1 Å². The van der Waals surface area contributed by atoms with Crippen molar-refractivity contribution in [2.45, 2.75) is 43.8 Å². The predicted octanol–water partition coefficient (Wildman–Crippen LogP) is 6.39. The van der Waals surface area contributed by atoms with E-state index in [9.17, 15) is 22.8 Å². The molecule has 0 aliphatic carbocycles. The van der Waals surface area contributed by atoms with Gasteiger partial charge in [-0.1, -0.05) is 72.5 Å². The zero-order chi connectivity index (χ0) is 27.2. The molecule has 13 heteroatoms. The standard InChI is InChI=1S/C24H24Cl2N3O6PS/c1-4-24(5-2,36(30,31)32)29(37(33,34)19-13-17(25)12-18(26)14-19)22-20-9-7-6-8-16(20)10-11-21(22)23-27-15(3)35-28-23/h6-14H,4-5H2,1-3H3,(H2,30,31,32). The van der Waals surface area contributed by atoms with Crippen LogP contribution in [0.3, 0.4) is 0 Å². The number of halogens is 2. The van der Waals surface area contributed by atoms with E-state index in [1.165, 1.54) is 32.0 Å². The van der Waals surface area contributed by atoms with Gasteiger partial charge in [-0.2, -0.15) is 4.98 Å². The minimum Gasteiger partial charge on any atom is -0.339 e. The molecule has 0 radical (unpaired) electrons. The van der Waals surface area contributed by atoms with Crippen molar-refractivity contribution in [1.29, 1.82) is 0 Å². The van der Waals surface area contributed by atoms with Crippen LogP contribution in [0.4, 0.5) is 5.69 Å². The topological polar surface area (TPSA) is 134 Å². The van der Waals surface area contributed by atoms with E-state index in [-0.39, 0.29) is 50.7 Å². The molecule has 0 bridgehead atoms. The molecule has 1 aromatic heterocycles. The lowest BCUT2D eigenvalue weighted by atomic mass is 10.0. The number of nitrogens with zero attached hydrogens (tertiary/aromatic N) is 3. The lowest BCUT2D eigenvalue weighted by molar-refractivity contribution is 0.317. The molecule has 37 heavy (non-hydrogen) atoms. The van der Waals surface area contributed by atoms with Crippen molar-refractivity contribution in [3.05, 3.63) is 70.5 Å². The Labute approximate surface area is 224 Å². The third kappa shape index (κ3) is 4.78. The molecule has 0 spiro atoms. The molecule has 0 saturated carbocycles. The number of benzene rings is 3. The molecule has 9 nitrogen and oxygen atoms in total. The summed E-state index contributed by atoms with van der Waals surface area (Å²) in [6.07, 6.45) is -0.426. The Morgan fingerprint density at radius 1 is 1.03 bits per heavy atom. The fourth-order valence-electron chi connectivity index (χ4n) is 4.47. The first-order valence-corrected chi connectivity index (χ1v) is 15.1. The molecule has 2 N–H and O–H groups in total. The smallest absolute Gasteiger partial charge is 0.339 e. The van der Waals surface area contributed by atoms with Gasteiger partial charge in [0.15, 0.2) is 5.28 Å². The highest BCUT2D eigenvalue weighted by molar-refractivity contribution is 7.93. The molecule has 0 atom stereocenters. The minimum absolute atomic E-state index is 0.00187. The van der Waals surface area contributed by atoms with Gasteiger partial charge in [-0.25, -0.2) is 12.7 Å². The Bertz CT molecular complexity index is 1610. The summed E-state index contributed by atoms with van der Waals surface area (Å²) in [7, 11) is -9.83. The SMILES string of the molecule is CCC(CC)(N(c1c(-c2noc(C)n2)ccc2ccccc12)S(=O)(=O)c1cc(Cl)cc(Cl)c1)P(=O)(O)O. The number of hydrogen-bond donors (Lipinski definition) is 2. The third-order valence-corrected chi connectivity index (χ3v) is 10.6. The average Bonchev–Trinajstić information content (AvgIpc) is 3.26. The van der Waals surface area contributed by atoms with E-state index >= 15 is 0 Å². The summed E-state index contributed by atoms with van der Waals surface area (Å²) in [6.45, 7) is 4.64. The third-order valence-electron chi connectivity index (χ3n) is 6.30. The summed E-state index contributed by atoms with van der Waals surface area (Å²) in [6, 6.07) is 14.0. The second-order valence-electron chi connectivity index (χ2n) is 8.43. The Morgan fingerprint density at radius 2 is 1.65 bits per heavy atom. The van der Waals surface area contributed by atoms with Crippen molar-refractivity contribution in [1.82, 2.24) is 10.1 Å². The van der Waals surface area contributed by atoms with Crippen LogP contribution in [-0.4, -0.2) is 33.6 Å². The summed E-state index contributed by atoms with van der Waals surface area (Å²) in [5.41, 5.74) is 0.217. The molecular weight excluding hydrogens is 560 g/mol. The first kappa shape index (κ1) is 27.6. The van der Waals surface area contributed by atoms with Gasteiger partial charge in [0.25, 0.3) is 10.0 Å². The monoisotopic (exact) mass is 583 g/mol. The lowest BCUT2D eigenvalue weighted by Gasteiger charge is -2.44. The second-order valence-corrected chi connectivity index (χ2v) is 13.0. The highest BCUT2D eigenvalue weighted by Crippen LogP contribution is 2.60. The molecular formula is C24H24Cl2N3O6PS. The summed E-state index contributed by atoms with van der Waals surface area (Å²) in [5.74, 6) is 0.298. The molecule has 0 fully saturated rings. The number of fused-ring (bicyclic) bond motifs is 1. The van der Waals surface area contributed by atoms with E-state index in [1.54, 1.807) is 43.3 Å². The van der Waals surface area contributed by atoms with Crippen molar-refractivity contribution in [2.75, 3.05) is 4.31 Å². The van der Waals surface area contributed by atoms with Gasteiger partial charge < -0.3 is 14.3 Å². The van der Waals surface area contributed by atoms with Gasteiger partial charge >= 0.3 is 7.60 Å². The van der Waals surface area contributed by atoms with Crippen LogP contribution in [0.1, 0.15) is 32.6 Å². The van der Waals surface area contributed by atoms with Crippen LogP contribution >= 0.6 is 30.8 Å². The molecule has 1 heterocycles. The Kier molecular flexibility index (Phi) is 7.47. The molecule has 4 rings (SSSR count). The maximum atomic E-state index is 14.5. The summed E-state index contributed by atoms with van der Waals surface area (Å²) in [4.78, 5) is 25.4. The normalized spacial score (nSPS) is 12.7. The first-order valence-electron chi connectivity index (χ1n) is 11.3. The molecule has 4 aromatic rings.